The third kappa shape index (κ3) is 5.45. The van der Waals surface area contributed by atoms with Crippen LogP contribution in [0.1, 0.15) is 41.4 Å². The van der Waals surface area contributed by atoms with Gasteiger partial charge in [0.15, 0.2) is 0 Å². The summed E-state index contributed by atoms with van der Waals surface area (Å²) in [5.41, 5.74) is -0.931. The third-order valence-corrected chi connectivity index (χ3v) is 6.05. The maximum Gasteiger partial charge on any atom is 0.283 e. The number of nitrogens with zero attached hydrogens (tertiary/aromatic N) is 3. The van der Waals surface area contributed by atoms with E-state index in [0.717, 1.165) is 6.07 Å². The summed E-state index contributed by atoms with van der Waals surface area (Å²) in [5, 5.41) is 21.6. The molecule has 164 valence electrons. The van der Waals surface area contributed by atoms with E-state index in [4.69, 9.17) is 5.26 Å². The summed E-state index contributed by atoms with van der Waals surface area (Å²) in [6.45, 7) is 8.22. The predicted octanol–water partition coefficient (Wildman–Crippen LogP) is 2.94. The van der Waals surface area contributed by atoms with E-state index in [1.54, 1.807) is 13.0 Å². The van der Waals surface area contributed by atoms with E-state index in [9.17, 15) is 22.7 Å². The first kappa shape index (κ1) is 24.0. The Bertz CT molecular complexity index is 1180. The molecule has 0 fully saturated rings. The van der Waals surface area contributed by atoms with Crippen molar-refractivity contribution in [3.63, 3.8) is 0 Å². The van der Waals surface area contributed by atoms with Crippen molar-refractivity contribution in [1.29, 1.82) is 5.26 Å². The normalized spacial score (nSPS) is 13.1. The molecule has 0 radical (unpaired) electrons. The number of aromatic nitrogens is 1. The number of aryl methyl sites for hydroxylation is 1. The van der Waals surface area contributed by atoms with Gasteiger partial charge in [-0.15, -0.1) is 6.58 Å². The summed E-state index contributed by atoms with van der Waals surface area (Å²) in [6.07, 6.45) is 3.46. The minimum atomic E-state index is -4.09. The van der Waals surface area contributed by atoms with Crippen molar-refractivity contribution in [2.45, 2.75) is 36.7 Å². The highest BCUT2D eigenvalue weighted by Gasteiger charge is 2.28. The lowest BCUT2D eigenvalue weighted by atomic mass is 9.97. The van der Waals surface area contributed by atoms with Crippen LogP contribution >= 0.6 is 0 Å². The van der Waals surface area contributed by atoms with E-state index in [0.29, 0.717) is 6.42 Å². The first-order chi connectivity index (χ1) is 14.5. The zero-order chi connectivity index (χ0) is 23.4. The van der Waals surface area contributed by atoms with Gasteiger partial charge in [-0.1, -0.05) is 6.08 Å². The van der Waals surface area contributed by atoms with E-state index >= 15 is 0 Å². The number of carbonyl (C=O) groups is 1. The highest BCUT2D eigenvalue weighted by Crippen LogP contribution is 2.27. The zero-order valence-corrected chi connectivity index (χ0v) is 18.0. The summed E-state index contributed by atoms with van der Waals surface area (Å²) < 4.78 is 42.9. The Balaban J connectivity index is 2.45. The van der Waals surface area contributed by atoms with E-state index in [1.807, 2.05) is 0 Å². The average Bonchev–Trinajstić information content (AvgIpc) is 3.06. The van der Waals surface area contributed by atoms with Crippen molar-refractivity contribution in [3.05, 3.63) is 59.7 Å². The van der Waals surface area contributed by atoms with Crippen LogP contribution in [0, 0.1) is 17.1 Å². The van der Waals surface area contributed by atoms with Crippen LogP contribution in [-0.4, -0.2) is 36.3 Å². The number of nitrogens with one attached hydrogen (secondary N) is 1. The predicted molar refractivity (Wildman–Crippen MR) is 115 cm³/mol. The molecule has 8 nitrogen and oxygen atoms in total. The summed E-state index contributed by atoms with van der Waals surface area (Å²) in [5.74, 6) is -1.37. The van der Waals surface area contributed by atoms with Gasteiger partial charge in [-0.2, -0.15) is 18.1 Å². The quantitative estimate of drug-likeness (QED) is 0.453. The zero-order valence-electron chi connectivity index (χ0n) is 17.2. The van der Waals surface area contributed by atoms with Crippen molar-refractivity contribution in [2.75, 3.05) is 5.32 Å². The van der Waals surface area contributed by atoms with Crippen molar-refractivity contribution in [3.8, 4) is 6.07 Å². The lowest BCUT2D eigenvalue weighted by molar-refractivity contribution is 0.0997. The molecule has 2 N–H and O–H groups in total. The fourth-order valence-electron chi connectivity index (χ4n) is 3.08. The molecular formula is C21H23FN4O4S. The van der Waals surface area contributed by atoms with Gasteiger partial charge >= 0.3 is 0 Å². The van der Waals surface area contributed by atoms with Crippen LogP contribution in [0.3, 0.4) is 0 Å². The number of amides is 1. The Morgan fingerprint density at radius 1 is 1.48 bits per heavy atom. The molecule has 0 saturated carbocycles. The van der Waals surface area contributed by atoms with Crippen molar-refractivity contribution in [2.24, 2.45) is 11.4 Å². The highest BCUT2D eigenvalue weighted by atomic mass is 32.2. The largest absolute Gasteiger partial charge is 0.386 e. The SMILES string of the molecule is C=C[C@@](C)(O)CCCc1c(S(=O)(=O)N=C)cn(C)c1C(=O)Nc1ccc(F)c(C#N)c1. The average molecular weight is 447 g/mol. The maximum atomic E-state index is 13.5. The molecule has 2 aromatic rings. The second-order valence-corrected chi connectivity index (χ2v) is 8.86. The van der Waals surface area contributed by atoms with Gasteiger partial charge in [-0.3, -0.25) is 4.79 Å². The number of sulfonamides is 1. The Labute approximate surface area is 180 Å². The van der Waals surface area contributed by atoms with Crippen molar-refractivity contribution in [1.82, 2.24) is 4.57 Å². The molecule has 2 rings (SSSR count). The molecule has 31 heavy (non-hydrogen) atoms. The molecule has 1 atom stereocenters. The van der Waals surface area contributed by atoms with Crippen LogP contribution in [0.4, 0.5) is 10.1 Å². The Hall–Kier alpha value is -3.29. The lowest BCUT2D eigenvalue weighted by Crippen LogP contribution is -2.21. The van der Waals surface area contributed by atoms with Crippen LogP contribution in [0.25, 0.3) is 0 Å². The number of aliphatic hydroxyl groups is 1. The molecule has 0 unspecified atom stereocenters. The first-order valence-corrected chi connectivity index (χ1v) is 10.7. The molecule has 1 aromatic carbocycles. The van der Waals surface area contributed by atoms with Gasteiger partial charge in [-0.25, -0.2) is 4.39 Å². The van der Waals surface area contributed by atoms with Gasteiger partial charge in [0.2, 0.25) is 0 Å². The van der Waals surface area contributed by atoms with Gasteiger partial charge in [-0.05, 0) is 44.4 Å². The summed E-state index contributed by atoms with van der Waals surface area (Å²) in [6, 6.07) is 5.21. The molecule has 0 bridgehead atoms. The molecule has 0 spiro atoms. The Morgan fingerprint density at radius 3 is 2.74 bits per heavy atom. The van der Waals surface area contributed by atoms with Crippen LogP contribution in [0.2, 0.25) is 0 Å². The minimum Gasteiger partial charge on any atom is -0.386 e. The molecule has 0 aliphatic rings. The maximum absolute atomic E-state index is 13.5. The molecule has 1 heterocycles. The van der Waals surface area contributed by atoms with Gasteiger partial charge in [0, 0.05) is 31.2 Å². The smallest absolute Gasteiger partial charge is 0.283 e. The number of nitriles is 1. The second-order valence-electron chi connectivity index (χ2n) is 7.21. The number of benzene rings is 1. The van der Waals surface area contributed by atoms with E-state index in [2.05, 4.69) is 23.0 Å². The van der Waals surface area contributed by atoms with Crippen molar-refractivity contribution < 1.29 is 22.7 Å². The summed E-state index contributed by atoms with van der Waals surface area (Å²) in [7, 11) is -2.58. The highest BCUT2D eigenvalue weighted by molar-refractivity contribution is 7.90. The molecular weight excluding hydrogens is 423 g/mol. The van der Waals surface area contributed by atoms with Gasteiger partial charge in [0.05, 0.1) is 11.2 Å². The molecule has 0 aliphatic carbocycles. The van der Waals surface area contributed by atoms with E-state index in [1.165, 1.54) is 36.0 Å². The van der Waals surface area contributed by atoms with Gasteiger partial charge in [0.1, 0.15) is 22.5 Å². The fraction of sp³-hybridized carbons (Fsp3) is 0.286. The number of rotatable bonds is 9. The van der Waals surface area contributed by atoms with Crippen LogP contribution in [0.5, 0.6) is 0 Å². The topological polar surface area (TPSA) is 125 Å². The first-order valence-electron chi connectivity index (χ1n) is 9.24. The van der Waals surface area contributed by atoms with E-state index in [-0.39, 0.29) is 40.2 Å². The number of carbonyl (C=O) groups excluding carboxylic acids is 1. The van der Waals surface area contributed by atoms with Crippen LogP contribution in [0.15, 0.2) is 46.3 Å². The number of halogens is 1. The fourth-order valence-corrected chi connectivity index (χ4v) is 4.02. The summed E-state index contributed by atoms with van der Waals surface area (Å²) in [4.78, 5) is 12.8. The number of anilines is 1. The third-order valence-electron chi connectivity index (χ3n) is 4.80. The van der Waals surface area contributed by atoms with Crippen LogP contribution in [-0.2, 0) is 23.5 Å². The van der Waals surface area contributed by atoms with Crippen molar-refractivity contribution >= 4 is 28.3 Å². The monoisotopic (exact) mass is 446 g/mol. The van der Waals surface area contributed by atoms with E-state index < -0.39 is 27.3 Å². The second kappa shape index (κ2) is 9.24. The number of hydrogen-bond acceptors (Lipinski definition) is 5. The Kier molecular flexibility index (Phi) is 7.15. The van der Waals surface area contributed by atoms with Crippen LogP contribution < -0.4 is 5.32 Å². The van der Waals surface area contributed by atoms with Gasteiger partial charge in [0.25, 0.3) is 15.9 Å². The number of hydrogen-bond donors (Lipinski definition) is 2. The molecule has 0 saturated heterocycles. The minimum absolute atomic E-state index is 0.0586. The van der Waals surface area contributed by atoms with Gasteiger partial charge < -0.3 is 15.0 Å². The lowest BCUT2D eigenvalue weighted by Gasteiger charge is -2.18. The molecule has 1 amide bonds. The Morgan fingerprint density at radius 2 is 2.16 bits per heavy atom. The molecule has 1 aromatic heterocycles. The summed E-state index contributed by atoms with van der Waals surface area (Å²) >= 11 is 0. The molecule has 0 aliphatic heterocycles. The standard InChI is InChI=1S/C21H23FN4O4S/c1-5-21(2,28)10-6-7-16-18(31(29,30)24-3)13-26(4)19(16)20(27)25-15-8-9-17(22)14(11-15)12-23/h5,8-9,11,13,28H,1,3,6-7,10H2,2,4H3,(H,25,27)/t21-/m1/s1. The molecule has 10 heteroatoms.